The Bertz CT molecular complexity index is 1010. The van der Waals surface area contributed by atoms with Crippen LogP contribution in [0.25, 0.3) is 11.0 Å². The van der Waals surface area contributed by atoms with Gasteiger partial charge in [0.05, 0.1) is 5.39 Å². The highest BCUT2D eigenvalue weighted by Crippen LogP contribution is 2.31. The average Bonchev–Trinajstić information content (AvgIpc) is 2.71. The fourth-order valence-corrected chi connectivity index (χ4v) is 3.62. The second-order valence-electron chi connectivity index (χ2n) is 7.15. The molecule has 0 radical (unpaired) electrons. The van der Waals surface area contributed by atoms with Gasteiger partial charge in [0.1, 0.15) is 11.5 Å². The second-order valence-corrected chi connectivity index (χ2v) is 7.15. The molecule has 152 valence electrons. The summed E-state index contributed by atoms with van der Waals surface area (Å²) in [5, 5.41) is 3.72. The number of rotatable bonds is 4. The molecule has 9 heteroatoms. The van der Waals surface area contributed by atoms with Crippen LogP contribution >= 0.6 is 0 Å². The summed E-state index contributed by atoms with van der Waals surface area (Å²) in [5.74, 6) is 1.01. The van der Waals surface area contributed by atoms with Gasteiger partial charge in [-0.3, -0.25) is 4.98 Å². The first-order valence-corrected chi connectivity index (χ1v) is 9.58. The number of fused-ring (bicyclic) bond motifs is 1. The molecule has 0 aromatic carbocycles. The fourth-order valence-electron chi connectivity index (χ4n) is 3.62. The molecule has 4 heterocycles. The Morgan fingerprint density at radius 2 is 1.90 bits per heavy atom. The Morgan fingerprint density at radius 3 is 2.69 bits per heavy atom. The van der Waals surface area contributed by atoms with Crippen LogP contribution in [0.5, 0.6) is 0 Å². The molecular weight excluding hydrogens is 381 g/mol. The van der Waals surface area contributed by atoms with Gasteiger partial charge in [0.15, 0.2) is 5.65 Å². The van der Waals surface area contributed by atoms with Crippen molar-refractivity contribution >= 4 is 22.8 Å². The van der Waals surface area contributed by atoms with Crippen molar-refractivity contribution in [1.82, 2.24) is 19.9 Å². The van der Waals surface area contributed by atoms with E-state index < -0.39 is 11.9 Å². The van der Waals surface area contributed by atoms with Crippen LogP contribution in [0.15, 0.2) is 36.7 Å². The summed E-state index contributed by atoms with van der Waals surface area (Å²) in [7, 11) is 0. The second kappa shape index (κ2) is 7.81. The van der Waals surface area contributed by atoms with Crippen LogP contribution in [0, 0.1) is 0 Å². The third kappa shape index (κ3) is 4.08. The lowest BCUT2D eigenvalue weighted by Crippen LogP contribution is -2.38. The molecule has 1 atom stereocenters. The van der Waals surface area contributed by atoms with Crippen LogP contribution in [-0.4, -0.2) is 32.5 Å². The standard InChI is InChI=1S/C20H21F3N6/c1-13-6-2-3-11-29(13)19-27-17-15(8-5-10-25-17)18(28-19)26-12-14-7-4-9-24-16(14)20(21,22)23/h4-5,7-10,13H,2-3,6,11-12H2,1H3,(H,25,26,27,28). The molecule has 1 unspecified atom stereocenters. The van der Waals surface area contributed by atoms with E-state index in [1.165, 1.54) is 12.1 Å². The van der Waals surface area contributed by atoms with Crippen molar-refractivity contribution in [1.29, 1.82) is 0 Å². The number of alkyl halides is 3. The Kier molecular flexibility index (Phi) is 5.21. The highest BCUT2D eigenvalue weighted by atomic mass is 19.4. The van der Waals surface area contributed by atoms with E-state index in [0.717, 1.165) is 32.0 Å². The first-order valence-electron chi connectivity index (χ1n) is 9.58. The minimum atomic E-state index is -4.51. The first kappa shape index (κ1) is 19.4. The molecule has 0 spiro atoms. The van der Waals surface area contributed by atoms with Crippen LogP contribution < -0.4 is 10.2 Å². The molecule has 1 N–H and O–H groups in total. The van der Waals surface area contributed by atoms with Crippen LogP contribution in [-0.2, 0) is 12.7 Å². The average molecular weight is 402 g/mol. The molecule has 0 amide bonds. The lowest BCUT2D eigenvalue weighted by Gasteiger charge is -2.33. The van der Waals surface area contributed by atoms with Gasteiger partial charge in [-0.1, -0.05) is 6.07 Å². The van der Waals surface area contributed by atoms with Gasteiger partial charge in [0, 0.05) is 37.1 Å². The summed E-state index contributed by atoms with van der Waals surface area (Å²) in [4.78, 5) is 19.2. The maximum atomic E-state index is 13.2. The smallest absolute Gasteiger partial charge is 0.365 e. The summed E-state index contributed by atoms with van der Waals surface area (Å²) in [6.45, 7) is 2.92. The van der Waals surface area contributed by atoms with Crippen molar-refractivity contribution in [2.24, 2.45) is 0 Å². The molecule has 6 nitrogen and oxygen atoms in total. The number of aromatic nitrogens is 4. The molecule has 3 aromatic rings. The number of hydrogen-bond acceptors (Lipinski definition) is 6. The van der Waals surface area contributed by atoms with Gasteiger partial charge in [-0.15, -0.1) is 0 Å². The maximum absolute atomic E-state index is 13.2. The van der Waals surface area contributed by atoms with Gasteiger partial charge in [0.25, 0.3) is 0 Å². The van der Waals surface area contributed by atoms with Crippen molar-refractivity contribution in [2.75, 3.05) is 16.8 Å². The highest BCUT2D eigenvalue weighted by molar-refractivity contribution is 5.87. The monoisotopic (exact) mass is 402 g/mol. The van der Waals surface area contributed by atoms with Crippen molar-refractivity contribution in [3.63, 3.8) is 0 Å². The fraction of sp³-hybridized carbons (Fsp3) is 0.400. The number of anilines is 2. The van der Waals surface area contributed by atoms with Crippen molar-refractivity contribution in [3.05, 3.63) is 47.9 Å². The third-order valence-corrected chi connectivity index (χ3v) is 5.13. The number of piperidine rings is 1. The molecule has 0 bridgehead atoms. The van der Waals surface area contributed by atoms with Crippen LogP contribution in [0.4, 0.5) is 24.9 Å². The molecule has 1 fully saturated rings. The van der Waals surface area contributed by atoms with Crippen molar-refractivity contribution in [3.8, 4) is 0 Å². The zero-order valence-corrected chi connectivity index (χ0v) is 15.9. The van der Waals surface area contributed by atoms with Gasteiger partial charge < -0.3 is 10.2 Å². The summed E-state index contributed by atoms with van der Waals surface area (Å²) in [5.41, 5.74) is -0.322. The van der Waals surface area contributed by atoms with Crippen molar-refractivity contribution in [2.45, 2.75) is 44.9 Å². The first-order chi connectivity index (χ1) is 13.9. The Balaban J connectivity index is 1.69. The zero-order chi connectivity index (χ0) is 20.4. The summed E-state index contributed by atoms with van der Waals surface area (Å²) in [6, 6.07) is 6.77. The van der Waals surface area contributed by atoms with E-state index >= 15 is 0 Å². The maximum Gasteiger partial charge on any atom is 0.433 e. The lowest BCUT2D eigenvalue weighted by atomic mass is 10.0. The quantitative estimate of drug-likeness (QED) is 0.696. The van der Waals surface area contributed by atoms with E-state index in [2.05, 4.69) is 37.1 Å². The van der Waals surface area contributed by atoms with E-state index in [0.29, 0.717) is 28.8 Å². The van der Waals surface area contributed by atoms with Gasteiger partial charge >= 0.3 is 6.18 Å². The van der Waals surface area contributed by atoms with Crippen LogP contribution in [0.2, 0.25) is 0 Å². The highest BCUT2D eigenvalue weighted by Gasteiger charge is 2.35. The molecular formula is C20H21F3N6. The molecule has 4 rings (SSSR count). The number of pyridine rings is 2. The number of halogens is 3. The summed E-state index contributed by atoms with van der Waals surface area (Å²) < 4.78 is 39.7. The minimum Gasteiger partial charge on any atom is -0.365 e. The van der Waals surface area contributed by atoms with Crippen LogP contribution in [0.3, 0.4) is 0 Å². The number of nitrogens with zero attached hydrogens (tertiary/aromatic N) is 5. The molecule has 1 aliphatic heterocycles. The van der Waals surface area contributed by atoms with Gasteiger partial charge in [-0.2, -0.15) is 23.1 Å². The van der Waals surface area contributed by atoms with Gasteiger partial charge in [0.2, 0.25) is 5.95 Å². The van der Waals surface area contributed by atoms with E-state index in [1.807, 2.05) is 6.07 Å². The SMILES string of the molecule is CC1CCCCN1c1nc(NCc2cccnc2C(F)(F)F)c2cccnc2n1. The van der Waals surface area contributed by atoms with Crippen molar-refractivity contribution < 1.29 is 13.2 Å². The van der Waals surface area contributed by atoms with E-state index in [-0.39, 0.29) is 12.1 Å². The zero-order valence-electron chi connectivity index (χ0n) is 15.9. The van der Waals surface area contributed by atoms with Gasteiger partial charge in [-0.05, 0) is 44.4 Å². The van der Waals surface area contributed by atoms with Gasteiger partial charge in [-0.25, -0.2) is 4.98 Å². The molecule has 1 saturated heterocycles. The summed E-state index contributed by atoms with van der Waals surface area (Å²) in [6.07, 6.45) is 1.55. The van der Waals surface area contributed by atoms with E-state index in [1.54, 1.807) is 12.3 Å². The Morgan fingerprint density at radius 1 is 1.10 bits per heavy atom. The topological polar surface area (TPSA) is 66.8 Å². The number of hydrogen-bond donors (Lipinski definition) is 1. The summed E-state index contributed by atoms with van der Waals surface area (Å²) >= 11 is 0. The molecule has 3 aromatic heterocycles. The predicted molar refractivity (Wildman–Crippen MR) is 105 cm³/mol. The molecule has 1 aliphatic rings. The molecule has 29 heavy (non-hydrogen) atoms. The third-order valence-electron chi connectivity index (χ3n) is 5.13. The van der Waals surface area contributed by atoms with E-state index in [4.69, 9.17) is 0 Å². The number of nitrogens with one attached hydrogen (secondary N) is 1. The van der Waals surface area contributed by atoms with Crippen LogP contribution in [0.1, 0.15) is 37.4 Å². The predicted octanol–water partition coefficient (Wildman–Crippen LogP) is 4.43. The largest absolute Gasteiger partial charge is 0.433 e. The molecule has 0 aliphatic carbocycles. The lowest BCUT2D eigenvalue weighted by molar-refractivity contribution is -0.141. The van der Waals surface area contributed by atoms with E-state index in [9.17, 15) is 13.2 Å². The Labute approximate surface area is 166 Å². The Hall–Kier alpha value is -2.97. The molecule has 0 saturated carbocycles. The normalized spacial score (nSPS) is 17.5. The minimum absolute atomic E-state index is 0.0569.